The van der Waals surface area contributed by atoms with Crippen LogP contribution in [0.3, 0.4) is 0 Å². The number of benzene rings is 2. The van der Waals surface area contributed by atoms with Gasteiger partial charge in [-0.1, -0.05) is 29.8 Å². The van der Waals surface area contributed by atoms with Gasteiger partial charge in [0.2, 0.25) is 0 Å². The van der Waals surface area contributed by atoms with Crippen molar-refractivity contribution in [3.8, 4) is 0 Å². The van der Waals surface area contributed by atoms with Gasteiger partial charge in [-0.15, -0.1) is 11.6 Å². The third-order valence-electron chi connectivity index (χ3n) is 2.82. The van der Waals surface area contributed by atoms with Gasteiger partial charge in [-0.25, -0.2) is 4.39 Å². The number of nitrogens with one attached hydrogen (secondary N) is 1. The molecule has 2 rings (SSSR count). The molecule has 1 nitrogen and oxygen atoms in total. The molecule has 0 atom stereocenters. The monoisotopic (exact) mass is 297 g/mol. The molecule has 0 aromatic heterocycles. The Labute approximate surface area is 122 Å². The number of aryl methyl sites for hydroxylation is 1. The highest BCUT2D eigenvalue weighted by Gasteiger charge is 2.01. The highest BCUT2D eigenvalue weighted by molar-refractivity contribution is 6.30. The first kappa shape index (κ1) is 14.2. The number of rotatable bonds is 5. The van der Waals surface area contributed by atoms with Crippen LogP contribution in [0.5, 0.6) is 0 Å². The van der Waals surface area contributed by atoms with E-state index < -0.39 is 5.82 Å². The Morgan fingerprint density at radius 2 is 1.68 bits per heavy atom. The van der Waals surface area contributed by atoms with E-state index in [9.17, 15) is 4.39 Å². The van der Waals surface area contributed by atoms with Gasteiger partial charge in [-0.2, -0.15) is 0 Å². The molecular formula is C15H14Cl2FN. The van der Waals surface area contributed by atoms with Crippen LogP contribution >= 0.6 is 23.2 Å². The zero-order chi connectivity index (χ0) is 13.7. The van der Waals surface area contributed by atoms with Crippen LogP contribution in [-0.2, 0) is 13.0 Å². The summed E-state index contributed by atoms with van der Waals surface area (Å²) < 4.78 is 13.0. The fraction of sp³-hybridized carbons (Fsp3) is 0.200. The average Bonchev–Trinajstić information content (AvgIpc) is 2.42. The summed E-state index contributed by atoms with van der Waals surface area (Å²) in [5.41, 5.74) is 3.17. The lowest BCUT2D eigenvalue weighted by Gasteiger charge is -2.08. The van der Waals surface area contributed by atoms with Crippen molar-refractivity contribution in [2.24, 2.45) is 0 Å². The molecule has 2 aromatic carbocycles. The zero-order valence-electron chi connectivity index (χ0n) is 10.3. The number of halogens is 3. The fourth-order valence-electron chi connectivity index (χ4n) is 1.75. The van der Waals surface area contributed by atoms with Crippen LogP contribution in [0, 0.1) is 5.82 Å². The Bertz CT molecular complexity index is 540. The van der Waals surface area contributed by atoms with Crippen molar-refractivity contribution in [3.63, 3.8) is 0 Å². The van der Waals surface area contributed by atoms with Crippen molar-refractivity contribution in [2.45, 2.75) is 13.0 Å². The molecule has 2 aromatic rings. The maximum Gasteiger partial charge on any atom is 0.141 e. The third kappa shape index (κ3) is 4.12. The average molecular weight is 298 g/mol. The van der Waals surface area contributed by atoms with Crippen LogP contribution in [0.25, 0.3) is 0 Å². The molecule has 0 aliphatic carbocycles. The van der Waals surface area contributed by atoms with Crippen LogP contribution < -0.4 is 5.32 Å². The predicted octanol–water partition coefficient (Wildman–Crippen LogP) is 4.87. The topological polar surface area (TPSA) is 12.0 Å². The second-order valence-corrected chi connectivity index (χ2v) is 5.02. The summed E-state index contributed by atoms with van der Waals surface area (Å²) in [7, 11) is 0. The molecule has 0 unspecified atom stereocenters. The Kier molecular flexibility index (Phi) is 5.06. The van der Waals surface area contributed by atoms with Crippen molar-refractivity contribution in [1.29, 1.82) is 0 Å². The lowest BCUT2D eigenvalue weighted by molar-refractivity contribution is 0.627. The van der Waals surface area contributed by atoms with Gasteiger partial charge in [-0.05, 0) is 41.8 Å². The standard InChI is InChI=1S/C15H14Cl2FN/c16-8-7-11-1-4-13(5-2-11)19-10-12-3-6-15(18)14(17)9-12/h1-6,9,19H,7-8,10H2. The summed E-state index contributed by atoms with van der Waals surface area (Å²) in [6.45, 7) is 0.606. The summed E-state index contributed by atoms with van der Waals surface area (Å²) in [5.74, 6) is 0.233. The van der Waals surface area contributed by atoms with Crippen LogP contribution in [0.15, 0.2) is 42.5 Å². The molecule has 0 bridgehead atoms. The van der Waals surface area contributed by atoms with E-state index in [0.29, 0.717) is 12.4 Å². The number of anilines is 1. The van der Waals surface area contributed by atoms with Crippen molar-refractivity contribution in [3.05, 3.63) is 64.4 Å². The van der Waals surface area contributed by atoms with E-state index in [0.717, 1.165) is 17.7 Å². The normalized spacial score (nSPS) is 10.5. The SMILES string of the molecule is Fc1ccc(CNc2ccc(CCCl)cc2)cc1Cl. The Morgan fingerprint density at radius 1 is 1.00 bits per heavy atom. The van der Waals surface area contributed by atoms with E-state index in [4.69, 9.17) is 23.2 Å². The highest BCUT2D eigenvalue weighted by Crippen LogP contribution is 2.17. The van der Waals surface area contributed by atoms with E-state index in [2.05, 4.69) is 5.32 Å². The molecule has 1 N–H and O–H groups in total. The van der Waals surface area contributed by atoms with Crippen molar-refractivity contribution in [2.75, 3.05) is 11.2 Å². The first-order valence-electron chi connectivity index (χ1n) is 6.02. The minimum atomic E-state index is -0.393. The van der Waals surface area contributed by atoms with Crippen LogP contribution in [0.2, 0.25) is 5.02 Å². The van der Waals surface area contributed by atoms with Crippen molar-refractivity contribution >= 4 is 28.9 Å². The minimum Gasteiger partial charge on any atom is -0.381 e. The largest absolute Gasteiger partial charge is 0.381 e. The molecule has 100 valence electrons. The molecule has 0 aliphatic heterocycles. The quantitative estimate of drug-likeness (QED) is 0.776. The molecule has 0 radical (unpaired) electrons. The van der Waals surface area contributed by atoms with E-state index in [-0.39, 0.29) is 5.02 Å². The molecule has 0 heterocycles. The summed E-state index contributed by atoms with van der Waals surface area (Å²) in [6, 6.07) is 12.8. The Morgan fingerprint density at radius 3 is 2.32 bits per heavy atom. The van der Waals surface area contributed by atoms with Gasteiger partial charge in [0.15, 0.2) is 0 Å². The third-order valence-corrected chi connectivity index (χ3v) is 3.30. The lowest BCUT2D eigenvalue weighted by atomic mass is 10.1. The van der Waals surface area contributed by atoms with Crippen molar-refractivity contribution < 1.29 is 4.39 Å². The zero-order valence-corrected chi connectivity index (χ0v) is 11.8. The first-order valence-corrected chi connectivity index (χ1v) is 6.93. The van der Waals surface area contributed by atoms with Crippen LogP contribution in [0.1, 0.15) is 11.1 Å². The van der Waals surface area contributed by atoms with Gasteiger partial charge in [0.25, 0.3) is 0 Å². The molecule has 0 amide bonds. The second kappa shape index (κ2) is 6.78. The molecule has 19 heavy (non-hydrogen) atoms. The first-order chi connectivity index (χ1) is 9.19. The second-order valence-electron chi connectivity index (χ2n) is 4.24. The molecule has 0 aliphatic rings. The summed E-state index contributed by atoms with van der Waals surface area (Å²) in [4.78, 5) is 0. The Hall–Kier alpha value is -1.25. The van der Waals surface area contributed by atoms with E-state index in [1.807, 2.05) is 24.3 Å². The molecule has 0 saturated carbocycles. The van der Waals surface area contributed by atoms with E-state index >= 15 is 0 Å². The summed E-state index contributed by atoms with van der Waals surface area (Å²) in [5, 5.41) is 3.41. The molecular weight excluding hydrogens is 284 g/mol. The molecule has 0 saturated heterocycles. The molecule has 0 spiro atoms. The van der Waals surface area contributed by atoms with Gasteiger partial charge in [0.05, 0.1) is 5.02 Å². The number of alkyl halides is 1. The van der Waals surface area contributed by atoms with Gasteiger partial charge in [-0.3, -0.25) is 0 Å². The van der Waals surface area contributed by atoms with Gasteiger partial charge in [0.1, 0.15) is 5.82 Å². The summed E-state index contributed by atoms with van der Waals surface area (Å²) >= 11 is 11.4. The maximum absolute atomic E-state index is 13.0. The van der Waals surface area contributed by atoms with E-state index in [1.165, 1.54) is 11.6 Å². The fourth-order valence-corrected chi connectivity index (χ4v) is 2.17. The smallest absolute Gasteiger partial charge is 0.141 e. The minimum absolute atomic E-state index is 0.150. The van der Waals surface area contributed by atoms with Crippen LogP contribution in [0.4, 0.5) is 10.1 Å². The molecule has 4 heteroatoms. The predicted molar refractivity (Wildman–Crippen MR) is 79.6 cm³/mol. The summed E-state index contributed by atoms with van der Waals surface area (Å²) in [6.07, 6.45) is 0.870. The lowest BCUT2D eigenvalue weighted by Crippen LogP contribution is -2.00. The van der Waals surface area contributed by atoms with Gasteiger partial charge >= 0.3 is 0 Å². The van der Waals surface area contributed by atoms with E-state index in [1.54, 1.807) is 12.1 Å². The number of hydrogen-bond acceptors (Lipinski definition) is 1. The highest BCUT2D eigenvalue weighted by atomic mass is 35.5. The van der Waals surface area contributed by atoms with Gasteiger partial charge < -0.3 is 5.32 Å². The maximum atomic E-state index is 13.0. The molecule has 0 fully saturated rings. The number of hydrogen-bond donors (Lipinski definition) is 1. The van der Waals surface area contributed by atoms with Crippen LogP contribution in [-0.4, -0.2) is 5.88 Å². The van der Waals surface area contributed by atoms with Gasteiger partial charge in [0, 0.05) is 18.1 Å². The Balaban J connectivity index is 1.96. The van der Waals surface area contributed by atoms with Crippen molar-refractivity contribution in [1.82, 2.24) is 0 Å².